The summed E-state index contributed by atoms with van der Waals surface area (Å²) < 4.78 is 13.9. The molecule has 1 aromatic rings. The second kappa shape index (κ2) is 11.8. The molecule has 0 heterocycles. The predicted molar refractivity (Wildman–Crippen MR) is 136 cm³/mol. The van der Waals surface area contributed by atoms with Crippen molar-refractivity contribution < 1.29 is 23.9 Å². The molecule has 0 aliphatic carbocycles. The summed E-state index contributed by atoms with van der Waals surface area (Å²) in [6.45, 7) is 14.6. The average Bonchev–Trinajstić information content (AvgIpc) is 2.73. The normalized spacial score (nSPS) is 15.4. The molecule has 0 spiro atoms. The van der Waals surface area contributed by atoms with Gasteiger partial charge in [-0.2, -0.15) is 0 Å². The monoisotopic (exact) mass is 491 g/mol. The number of carboxylic acid groups (broad SMARTS) is 1. The first-order valence-electron chi connectivity index (χ1n) is 11.9. The van der Waals surface area contributed by atoms with Gasteiger partial charge in [0, 0.05) is 18.0 Å². The summed E-state index contributed by atoms with van der Waals surface area (Å²) in [5.41, 5.74) is -0.612. The van der Waals surface area contributed by atoms with Crippen LogP contribution in [0.25, 0.3) is 0 Å². The van der Waals surface area contributed by atoms with Gasteiger partial charge in [-0.05, 0) is 43.0 Å². The molecule has 0 unspecified atom stereocenters. The fourth-order valence-electron chi connectivity index (χ4n) is 4.18. The summed E-state index contributed by atoms with van der Waals surface area (Å²) in [5, 5.41) is 15.3. The minimum Gasteiger partial charge on any atom is -0.478 e. The summed E-state index contributed by atoms with van der Waals surface area (Å²) in [4.78, 5) is 40.0. The number of rotatable bonds is 10. The Kier molecular flexibility index (Phi) is 10.2. The molecule has 7 nitrogen and oxygen atoms in total. The van der Waals surface area contributed by atoms with Crippen molar-refractivity contribution in [1.82, 2.24) is 15.5 Å². The van der Waals surface area contributed by atoms with Crippen LogP contribution in [0.15, 0.2) is 35.9 Å². The Bertz CT molecular complexity index is 950. The first-order valence-corrected chi connectivity index (χ1v) is 11.9. The molecule has 0 aromatic heterocycles. The summed E-state index contributed by atoms with van der Waals surface area (Å²) in [6, 6.07) is 4.04. The highest BCUT2D eigenvalue weighted by Crippen LogP contribution is 2.29. The number of likely N-dealkylation sites (N-methyl/N-ethyl adjacent to an activating group) is 2. The van der Waals surface area contributed by atoms with E-state index in [1.807, 2.05) is 48.5 Å². The van der Waals surface area contributed by atoms with Crippen LogP contribution >= 0.6 is 0 Å². The molecule has 8 heteroatoms. The summed E-state index contributed by atoms with van der Waals surface area (Å²) in [5.74, 6) is -2.20. The molecule has 3 N–H and O–H groups in total. The standard InChI is InChI=1S/C27H42FN3O4/c1-16(2)20(14-17(3)25(34)35)31(10)24(33)22(26(4,5)6)30-23(32)21(29-9)27(7,8)18-12-11-13-19(28)15-18/h11-16,20-22,29H,1-10H3,(H,30,32)(H,34,35)/t20-,21-,22-/m1/s1. The largest absolute Gasteiger partial charge is 0.478 e. The average molecular weight is 492 g/mol. The third-order valence-electron chi connectivity index (χ3n) is 6.48. The van der Waals surface area contributed by atoms with Crippen LogP contribution in [0.3, 0.4) is 0 Å². The second-order valence-corrected chi connectivity index (χ2v) is 11.1. The van der Waals surface area contributed by atoms with Crippen LogP contribution in [0, 0.1) is 17.2 Å². The number of halogens is 1. The lowest BCUT2D eigenvalue weighted by molar-refractivity contribution is -0.141. The molecule has 196 valence electrons. The van der Waals surface area contributed by atoms with Gasteiger partial charge in [0.1, 0.15) is 11.9 Å². The van der Waals surface area contributed by atoms with E-state index in [1.165, 1.54) is 24.0 Å². The Labute approximate surface area is 209 Å². The predicted octanol–water partition coefficient (Wildman–Crippen LogP) is 3.74. The molecule has 1 rings (SSSR count). The molecule has 3 atom stereocenters. The van der Waals surface area contributed by atoms with Gasteiger partial charge in [-0.3, -0.25) is 9.59 Å². The van der Waals surface area contributed by atoms with Crippen LogP contribution in [0.2, 0.25) is 0 Å². The van der Waals surface area contributed by atoms with E-state index in [1.54, 1.807) is 32.3 Å². The van der Waals surface area contributed by atoms with E-state index in [2.05, 4.69) is 10.6 Å². The third kappa shape index (κ3) is 7.62. The number of hydrogen-bond acceptors (Lipinski definition) is 4. The number of carbonyl (C=O) groups is 3. The van der Waals surface area contributed by atoms with Gasteiger partial charge in [0.2, 0.25) is 11.8 Å². The molecular formula is C27H42FN3O4. The molecular weight excluding hydrogens is 449 g/mol. The minimum absolute atomic E-state index is 0.0495. The van der Waals surface area contributed by atoms with E-state index in [4.69, 9.17) is 0 Å². The summed E-state index contributed by atoms with van der Waals surface area (Å²) in [6.07, 6.45) is 1.57. The highest BCUT2D eigenvalue weighted by molar-refractivity contribution is 5.91. The smallest absolute Gasteiger partial charge is 0.331 e. The van der Waals surface area contributed by atoms with Crippen LogP contribution in [0.4, 0.5) is 4.39 Å². The van der Waals surface area contributed by atoms with Gasteiger partial charge in [0.15, 0.2) is 0 Å². The van der Waals surface area contributed by atoms with Crippen molar-refractivity contribution in [3.63, 3.8) is 0 Å². The maximum atomic E-state index is 13.9. The Morgan fingerprint density at radius 1 is 1.09 bits per heavy atom. The highest BCUT2D eigenvalue weighted by atomic mass is 19.1. The Hall–Kier alpha value is -2.74. The van der Waals surface area contributed by atoms with Gasteiger partial charge in [0.05, 0.1) is 12.1 Å². The minimum atomic E-state index is -1.05. The summed E-state index contributed by atoms with van der Waals surface area (Å²) >= 11 is 0. The molecule has 0 fully saturated rings. The van der Waals surface area contributed by atoms with Crippen LogP contribution in [-0.4, -0.2) is 60.0 Å². The number of carbonyl (C=O) groups excluding carboxylic acids is 2. The van der Waals surface area contributed by atoms with Crippen molar-refractivity contribution in [3.05, 3.63) is 47.3 Å². The number of carboxylic acids is 1. The van der Waals surface area contributed by atoms with Gasteiger partial charge >= 0.3 is 5.97 Å². The lowest BCUT2D eigenvalue weighted by Gasteiger charge is -2.40. The quantitative estimate of drug-likeness (QED) is 0.433. The fourth-order valence-corrected chi connectivity index (χ4v) is 4.18. The molecule has 0 saturated heterocycles. The number of aliphatic carboxylic acids is 1. The molecule has 1 aromatic carbocycles. The zero-order valence-corrected chi connectivity index (χ0v) is 22.7. The van der Waals surface area contributed by atoms with Crippen molar-refractivity contribution in [3.8, 4) is 0 Å². The molecule has 0 bridgehead atoms. The SMILES string of the molecule is CN[C@H](C(=O)N[C@H](C(=O)N(C)[C@H](C=C(C)C(=O)O)C(C)C)C(C)(C)C)C(C)(C)c1cccc(F)c1. The lowest BCUT2D eigenvalue weighted by Crippen LogP contribution is -2.61. The Morgan fingerprint density at radius 2 is 1.66 bits per heavy atom. The van der Waals surface area contributed by atoms with Gasteiger partial charge in [-0.15, -0.1) is 0 Å². The maximum absolute atomic E-state index is 13.9. The van der Waals surface area contributed by atoms with E-state index < -0.39 is 34.9 Å². The number of nitrogens with zero attached hydrogens (tertiary/aromatic N) is 1. The third-order valence-corrected chi connectivity index (χ3v) is 6.48. The van der Waals surface area contributed by atoms with E-state index >= 15 is 0 Å². The molecule has 2 amide bonds. The van der Waals surface area contributed by atoms with Crippen LogP contribution < -0.4 is 10.6 Å². The van der Waals surface area contributed by atoms with Gasteiger partial charge < -0.3 is 20.6 Å². The molecule has 0 radical (unpaired) electrons. The van der Waals surface area contributed by atoms with Crippen molar-refractivity contribution in [2.45, 2.75) is 78.9 Å². The highest BCUT2D eigenvalue weighted by Gasteiger charge is 2.41. The Morgan fingerprint density at radius 3 is 2.09 bits per heavy atom. The first kappa shape index (κ1) is 30.3. The van der Waals surface area contributed by atoms with E-state index in [0.29, 0.717) is 5.56 Å². The first-order chi connectivity index (χ1) is 15.9. The number of benzene rings is 1. The van der Waals surface area contributed by atoms with Crippen molar-refractivity contribution in [2.24, 2.45) is 11.3 Å². The van der Waals surface area contributed by atoms with Crippen molar-refractivity contribution in [2.75, 3.05) is 14.1 Å². The van der Waals surface area contributed by atoms with Gasteiger partial charge in [-0.25, -0.2) is 9.18 Å². The second-order valence-electron chi connectivity index (χ2n) is 11.1. The van der Waals surface area contributed by atoms with Gasteiger partial charge in [-0.1, -0.05) is 66.7 Å². The van der Waals surface area contributed by atoms with Gasteiger partial charge in [0.25, 0.3) is 0 Å². The zero-order valence-electron chi connectivity index (χ0n) is 22.7. The van der Waals surface area contributed by atoms with Crippen LogP contribution in [-0.2, 0) is 19.8 Å². The van der Waals surface area contributed by atoms with E-state index in [9.17, 15) is 23.9 Å². The molecule has 0 aliphatic heterocycles. The van der Waals surface area contributed by atoms with E-state index in [0.717, 1.165) is 0 Å². The topological polar surface area (TPSA) is 98.7 Å². The molecule has 0 aliphatic rings. The van der Waals surface area contributed by atoms with Crippen molar-refractivity contribution in [1.29, 1.82) is 0 Å². The number of amides is 2. The maximum Gasteiger partial charge on any atom is 0.331 e. The number of nitrogens with one attached hydrogen (secondary N) is 2. The van der Waals surface area contributed by atoms with Crippen LogP contribution in [0.5, 0.6) is 0 Å². The molecule has 35 heavy (non-hydrogen) atoms. The lowest BCUT2D eigenvalue weighted by atomic mass is 9.76. The molecule has 0 saturated carbocycles. The van der Waals surface area contributed by atoms with Crippen molar-refractivity contribution >= 4 is 17.8 Å². The Balaban J connectivity index is 3.32. The summed E-state index contributed by atoms with van der Waals surface area (Å²) in [7, 11) is 3.27. The fraction of sp³-hybridized carbons (Fsp3) is 0.593. The van der Waals surface area contributed by atoms with Crippen LogP contribution in [0.1, 0.15) is 61.0 Å². The zero-order chi connectivity index (χ0) is 27.3. The number of hydrogen-bond donors (Lipinski definition) is 3. The van der Waals surface area contributed by atoms with E-state index in [-0.39, 0.29) is 29.1 Å².